The molecule has 0 fully saturated rings. The van der Waals surface area contributed by atoms with Gasteiger partial charge in [-0.25, -0.2) is 0 Å². The number of nitrogens with zero attached hydrogens (tertiary/aromatic N) is 3. The Labute approximate surface area is 151 Å². The third kappa shape index (κ3) is 2.54. The Hall–Kier alpha value is -3.15. The third-order valence-corrected chi connectivity index (χ3v) is 4.64. The maximum absolute atomic E-state index is 12.9. The van der Waals surface area contributed by atoms with E-state index in [1.807, 2.05) is 47.4 Å². The van der Waals surface area contributed by atoms with Crippen molar-refractivity contribution in [2.45, 2.75) is 19.4 Å². The number of aromatic amines is 1. The Morgan fingerprint density at radius 1 is 1.23 bits per heavy atom. The lowest BCUT2D eigenvalue weighted by atomic mass is 9.99. The molecule has 0 spiro atoms. The molecule has 3 aromatic rings. The van der Waals surface area contributed by atoms with E-state index in [0.29, 0.717) is 12.2 Å². The Kier molecular flexibility index (Phi) is 4.16. The van der Waals surface area contributed by atoms with Gasteiger partial charge >= 0.3 is 0 Å². The van der Waals surface area contributed by atoms with Crippen molar-refractivity contribution in [3.8, 4) is 17.0 Å². The van der Waals surface area contributed by atoms with Crippen molar-refractivity contribution in [3.63, 3.8) is 0 Å². The Balaban J connectivity index is 1.88. The van der Waals surface area contributed by atoms with Gasteiger partial charge in [-0.3, -0.25) is 14.9 Å². The first-order chi connectivity index (χ1) is 12.7. The van der Waals surface area contributed by atoms with Crippen molar-refractivity contribution < 1.29 is 9.53 Å². The fourth-order valence-electron chi connectivity index (χ4n) is 3.50. The molecule has 1 atom stereocenters. The predicted molar refractivity (Wildman–Crippen MR) is 98.0 cm³/mol. The van der Waals surface area contributed by atoms with Gasteiger partial charge in [-0.1, -0.05) is 25.1 Å². The van der Waals surface area contributed by atoms with Crippen molar-refractivity contribution in [2.75, 3.05) is 13.7 Å². The molecule has 132 valence electrons. The number of pyridine rings is 1. The minimum Gasteiger partial charge on any atom is -0.497 e. The van der Waals surface area contributed by atoms with E-state index in [0.717, 1.165) is 34.7 Å². The third-order valence-electron chi connectivity index (χ3n) is 4.64. The second-order valence-electron chi connectivity index (χ2n) is 6.25. The normalized spacial score (nSPS) is 16.0. The molecule has 26 heavy (non-hydrogen) atoms. The van der Waals surface area contributed by atoms with Gasteiger partial charge in [0.1, 0.15) is 17.5 Å². The van der Waals surface area contributed by atoms with Crippen molar-refractivity contribution in [1.82, 2.24) is 20.1 Å². The first-order valence-corrected chi connectivity index (χ1v) is 8.69. The molecule has 6 nitrogen and oxygen atoms in total. The zero-order chi connectivity index (χ0) is 18.1. The maximum atomic E-state index is 12.9. The number of hydrogen-bond donors (Lipinski definition) is 1. The smallest absolute Gasteiger partial charge is 0.273 e. The number of rotatable bonds is 5. The Morgan fingerprint density at radius 2 is 2.12 bits per heavy atom. The maximum Gasteiger partial charge on any atom is 0.273 e. The minimum atomic E-state index is -0.237. The molecule has 1 aromatic carbocycles. The van der Waals surface area contributed by atoms with Crippen LogP contribution in [0.1, 0.15) is 41.1 Å². The molecule has 1 N–H and O–H groups in total. The number of carbonyl (C=O) groups is 1. The Bertz CT molecular complexity index is 936. The predicted octanol–water partition coefficient (Wildman–Crippen LogP) is 3.44. The molecule has 4 rings (SSSR count). The van der Waals surface area contributed by atoms with E-state index in [4.69, 9.17) is 4.74 Å². The van der Waals surface area contributed by atoms with Crippen LogP contribution in [-0.2, 0) is 0 Å². The molecule has 0 saturated carbocycles. The number of amides is 1. The van der Waals surface area contributed by atoms with Crippen LogP contribution in [0.2, 0.25) is 0 Å². The van der Waals surface area contributed by atoms with Crippen molar-refractivity contribution >= 4 is 5.91 Å². The van der Waals surface area contributed by atoms with Gasteiger partial charge in [0.05, 0.1) is 18.5 Å². The summed E-state index contributed by atoms with van der Waals surface area (Å²) in [5, 5.41) is 7.40. The molecule has 2 aromatic heterocycles. The van der Waals surface area contributed by atoms with E-state index in [1.165, 1.54) is 0 Å². The van der Waals surface area contributed by atoms with E-state index >= 15 is 0 Å². The minimum absolute atomic E-state index is 0.0286. The number of hydrogen-bond acceptors (Lipinski definition) is 4. The summed E-state index contributed by atoms with van der Waals surface area (Å²) in [7, 11) is 1.64. The summed E-state index contributed by atoms with van der Waals surface area (Å²) in [6, 6.07) is 13.3. The van der Waals surface area contributed by atoms with Crippen LogP contribution in [0.3, 0.4) is 0 Å². The van der Waals surface area contributed by atoms with Crippen molar-refractivity contribution in [3.05, 3.63) is 65.6 Å². The molecule has 3 heterocycles. The van der Waals surface area contributed by atoms with E-state index in [-0.39, 0.29) is 11.9 Å². The van der Waals surface area contributed by atoms with Crippen LogP contribution in [0.25, 0.3) is 11.3 Å². The molecule has 1 aliphatic rings. The molecule has 1 unspecified atom stereocenters. The van der Waals surface area contributed by atoms with Gasteiger partial charge in [0, 0.05) is 23.9 Å². The van der Waals surface area contributed by atoms with Gasteiger partial charge in [0.2, 0.25) is 0 Å². The molecule has 1 aliphatic heterocycles. The standard InChI is InChI=1S/C20H20N4O2/c1-3-11-24-19(15-9-4-5-10-21-15)16-17(22-23-18(16)20(24)25)13-7-6-8-14(12-13)26-2/h4-10,12,19H,3,11H2,1-2H3,(H,22,23). The largest absolute Gasteiger partial charge is 0.497 e. The number of methoxy groups -OCH3 is 1. The van der Waals surface area contributed by atoms with Gasteiger partial charge in [0.15, 0.2) is 0 Å². The fraction of sp³-hybridized carbons (Fsp3) is 0.250. The highest BCUT2D eigenvalue weighted by Gasteiger charge is 2.42. The summed E-state index contributed by atoms with van der Waals surface area (Å²) < 4.78 is 5.34. The summed E-state index contributed by atoms with van der Waals surface area (Å²) in [6.45, 7) is 2.73. The van der Waals surface area contributed by atoms with E-state index < -0.39 is 0 Å². The van der Waals surface area contributed by atoms with Gasteiger partial charge in [0.25, 0.3) is 5.91 Å². The average Bonchev–Trinajstić information content (AvgIpc) is 3.23. The zero-order valence-corrected chi connectivity index (χ0v) is 14.8. The van der Waals surface area contributed by atoms with Crippen LogP contribution in [0.15, 0.2) is 48.7 Å². The molecule has 0 saturated heterocycles. The monoisotopic (exact) mass is 348 g/mol. The number of ether oxygens (including phenoxy) is 1. The van der Waals surface area contributed by atoms with E-state index in [2.05, 4.69) is 22.1 Å². The number of benzene rings is 1. The van der Waals surface area contributed by atoms with Gasteiger partial charge in [-0.2, -0.15) is 5.10 Å². The lowest BCUT2D eigenvalue weighted by Crippen LogP contribution is -2.30. The average molecular weight is 348 g/mol. The highest BCUT2D eigenvalue weighted by atomic mass is 16.5. The molecule has 0 radical (unpaired) electrons. The van der Waals surface area contributed by atoms with Crippen LogP contribution in [0.4, 0.5) is 0 Å². The number of aromatic nitrogens is 3. The summed E-state index contributed by atoms with van der Waals surface area (Å²) in [6.07, 6.45) is 2.63. The van der Waals surface area contributed by atoms with Crippen LogP contribution in [-0.4, -0.2) is 39.6 Å². The van der Waals surface area contributed by atoms with Crippen molar-refractivity contribution in [1.29, 1.82) is 0 Å². The lowest BCUT2D eigenvalue weighted by Gasteiger charge is -2.25. The number of carbonyl (C=O) groups excluding carboxylic acids is 1. The van der Waals surface area contributed by atoms with Crippen LogP contribution in [0, 0.1) is 0 Å². The van der Waals surface area contributed by atoms with Crippen molar-refractivity contribution in [2.24, 2.45) is 0 Å². The van der Waals surface area contributed by atoms with Crippen LogP contribution >= 0.6 is 0 Å². The zero-order valence-electron chi connectivity index (χ0n) is 14.8. The summed E-state index contributed by atoms with van der Waals surface area (Å²) in [5.74, 6) is 0.725. The first kappa shape index (κ1) is 16.3. The fourth-order valence-corrected chi connectivity index (χ4v) is 3.50. The summed E-state index contributed by atoms with van der Waals surface area (Å²) >= 11 is 0. The van der Waals surface area contributed by atoms with E-state index in [9.17, 15) is 4.79 Å². The Morgan fingerprint density at radius 3 is 2.85 bits per heavy atom. The number of H-pyrrole nitrogens is 1. The number of fused-ring (bicyclic) bond motifs is 1. The SMILES string of the molecule is CCCN1C(=O)c2[nH]nc(-c3cccc(OC)c3)c2C1c1ccccn1. The molecular formula is C20H20N4O2. The topological polar surface area (TPSA) is 71.1 Å². The summed E-state index contributed by atoms with van der Waals surface area (Å²) in [5.41, 5.74) is 3.95. The number of nitrogens with one attached hydrogen (secondary N) is 1. The molecular weight excluding hydrogens is 328 g/mol. The summed E-state index contributed by atoms with van der Waals surface area (Å²) in [4.78, 5) is 19.3. The molecule has 1 amide bonds. The quantitative estimate of drug-likeness (QED) is 0.767. The van der Waals surface area contributed by atoms with Gasteiger partial charge in [-0.15, -0.1) is 0 Å². The van der Waals surface area contributed by atoms with E-state index in [1.54, 1.807) is 13.3 Å². The molecule has 0 aliphatic carbocycles. The van der Waals surface area contributed by atoms with Gasteiger partial charge in [-0.05, 0) is 30.7 Å². The lowest BCUT2D eigenvalue weighted by molar-refractivity contribution is 0.0741. The highest BCUT2D eigenvalue weighted by molar-refractivity contribution is 6.00. The molecule has 0 bridgehead atoms. The highest BCUT2D eigenvalue weighted by Crippen LogP contribution is 2.42. The molecule has 6 heteroatoms. The first-order valence-electron chi connectivity index (χ1n) is 8.69. The second-order valence-corrected chi connectivity index (χ2v) is 6.25. The van der Waals surface area contributed by atoms with Crippen LogP contribution in [0.5, 0.6) is 5.75 Å². The van der Waals surface area contributed by atoms with Crippen LogP contribution < -0.4 is 4.74 Å². The second kappa shape index (κ2) is 6.63. The van der Waals surface area contributed by atoms with Gasteiger partial charge < -0.3 is 9.64 Å².